The van der Waals surface area contributed by atoms with Gasteiger partial charge in [-0.15, -0.1) is 0 Å². The molecule has 1 unspecified atom stereocenters. The van der Waals surface area contributed by atoms with E-state index in [9.17, 15) is 18.7 Å². The molecule has 4 nitrogen and oxygen atoms in total. The summed E-state index contributed by atoms with van der Waals surface area (Å²) < 4.78 is 27.6. The van der Waals surface area contributed by atoms with Crippen molar-refractivity contribution in [2.45, 2.75) is 5.60 Å². The van der Waals surface area contributed by atoms with E-state index in [0.717, 1.165) is 18.3 Å². The monoisotopic (exact) mass is 262 g/mol. The molecule has 0 bridgehead atoms. The van der Waals surface area contributed by atoms with Crippen molar-refractivity contribution in [3.63, 3.8) is 0 Å². The minimum Gasteiger partial charge on any atom is -0.371 e. The molecule has 1 amide bonds. The number of carbonyl (C=O) groups is 1. The van der Waals surface area contributed by atoms with Gasteiger partial charge >= 0.3 is 0 Å². The Hall–Kier alpha value is -2.34. The van der Waals surface area contributed by atoms with Gasteiger partial charge in [0.1, 0.15) is 11.6 Å². The first-order valence-corrected chi connectivity index (χ1v) is 5.48. The van der Waals surface area contributed by atoms with Crippen molar-refractivity contribution >= 4 is 11.6 Å². The van der Waals surface area contributed by atoms with Crippen LogP contribution in [0, 0.1) is 11.6 Å². The Labute approximate surface area is 106 Å². The fourth-order valence-corrected chi connectivity index (χ4v) is 2.25. The van der Waals surface area contributed by atoms with Gasteiger partial charge < -0.3 is 10.4 Å². The summed E-state index contributed by atoms with van der Waals surface area (Å²) in [6.45, 7) is 0. The summed E-state index contributed by atoms with van der Waals surface area (Å²) in [6, 6.07) is 5.08. The summed E-state index contributed by atoms with van der Waals surface area (Å²) in [7, 11) is 0. The Morgan fingerprint density at radius 3 is 2.74 bits per heavy atom. The van der Waals surface area contributed by atoms with Crippen molar-refractivity contribution in [2.75, 3.05) is 5.32 Å². The molecule has 2 aromatic rings. The van der Waals surface area contributed by atoms with Crippen LogP contribution in [-0.2, 0) is 10.4 Å². The number of hydrogen-bond donors (Lipinski definition) is 2. The molecule has 1 aromatic heterocycles. The van der Waals surface area contributed by atoms with Crippen LogP contribution in [0.3, 0.4) is 0 Å². The van der Waals surface area contributed by atoms with Gasteiger partial charge in [0, 0.05) is 11.8 Å². The maximum atomic E-state index is 13.9. The number of halogens is 2. The van der Waals surface area contributed by atoms with E-state index in [1.165, 1.54) is 18.3 Å². The highest BCUT2D eigenvalue weighted by atomic mass is 19.1. The van der Waals surface area contributed by atoms with Crippen LogP contribution in [0.2, 0.25) is 0 Å². The number of nitrogens with one attached hydrogen (secondary N) is 1. The van der Waals surface area contributed by atoms with Gasteiger partial charge in [-0.2, -0.15) is 0 Å². The number of aromatic nitrogens is 1. The van der Waals surface area contributed by atoms with Crippen LogP contribution in [0.5, 0.6) is 0 Å². The van der Waals surface area contributed by atoms with E-state index >= 15 is 0 Å². The summed E-state index contributed by atoms with van der Waals surface area (Å²) in [4.78, 5) is 15.5. The fraction of sp³-hybridized carbons (Fsp3) is 0.0769. The Morgan fingerprint density at radius 1 is 1.21 bits per heavy atom. The number of carbonyl (C=O) groups excluding carboxylic acids is 1. The average molecular weight is 262 g/mol. The number of fused-ring (bicyclic) bond motifs is 1. The third-order valence-corrected chi connectivity index (χ3v) is 3.11. The molecule has 0 fully saturated rings. The van der Waals surface area contributed by atoms with Crippen molar-refractivity contribution < 1.29 is 18.7 Å². The molecule has 0 saturated heterocycles. The minimum absolute atomic E-state index is 0.128. The van der Waals surface area contributed by atoms with Crippen LogP contribution >= 0.6 is 0 Å². The van der Waals surface area contributed by atoms with E-state index in [1.807, 2.05) is 0 Å². The fourth-order valence-electron chi connectivity index (χ4n) is 2.25. The van der Waals surface area contributed by atoms with Crippen LogP contribution in [0.15, 0.2) is 36.7 Å². The molecule has 3 rings (SSSR count). The Bertz CT molecular complexity index is 690. The van der Waals surface area contributed by atoms with Crippen LogP contribution in [0.4, 0.5) is 14.5 Å². The molecule has 19 heavy (non-hydrogen) atoms. The van der Waals surface area contributed by atoms with Gasteiger partial charge in [-0.05, 0) is 18.2 Å². The lowest BCUT2D eigenvalue weighted by molar-refractivity contribution is -0.130. The van der Waals surface area contributed by atoms with Crippen molar-refractivity contribution in [1.82, 2.24) is 4.98 Å². The van der Waals surface area contributed by atoms with Crippen LogP contribution < -0.4 is 5.32 Å². The van der Waals surface area contributed by atoms with Gasteiger partial charge in [0.15, 0.2) is 0 Å². The number of amides is 1. The van der Waals surface area contributed by atoms with Crippen molar-refractivity contribution in [3.8, 4) is 0 Å². The number of pyridine rings is 1. The molecular formula is C13H8F2N2O2. The molecule has 1 atom stereocenters. The summed E-state index contributed by atoms with van der Waals surface area (Å²) in [5, 5.41) is 12.9. The van der Waals surface area contributed by atoms with E-state index < -0.39 is 23.1 Å². The van der Waals surface area contributed by atoms with Crippen molar-refractivity contribution in [3.05, 3.63) is 59.4 Å². The number of rotatable bonds is 1. The maximum Gasteiger partial charge on any atom is 0.266 e. The normalized spacial score (nSPS) is 21.1. The first-order chi connectivity index (χ1) is 9.05. The van der Waals surface area contributed by atoms with Crippen LogP contribution in [-0.4, -0.2) is 16.0 Å². The lowest BCUT2D eigenvalue weighted by Crippen LogP contribution is -2.37. The number of benzene rings is 1. The molecule has 2 heterocycles. The second kappa shape index (κ2) is 3.83. The summed E-state index contributed by atoms with van der Waals surface area (Å²) in [5.41, 5.74) is -2.86. The van der Waals surface area contributed by atoms with E-state index in [0.29, 0.717) is 0 Å². The lowest BCUT2D eigenvalue weighted by atomic mass is 9.87. The molecule has 96 valence electrons. The van der Waals surface area contributed by atoms with Gasteiger partial charge in [0.2, 0.25) is 5.60 Å². The number of nitrogens with zero attached hydrogens (tertiary/aromatic N) is 1. The predicted molar refractivity (Wildman–Crippen MR) is 62.2 cm³/mol. The van der Waals surface area contributed by atoms with E-state index in [-0.39, 0.29) is 16.8 Å². The van der Waals surface area contributed by atoms with E-state index in [1.54, 1.807) is 0 Å². The standard InChI is InChI=1S/C13H8F2N2O2/c14-8-2-1-3-10-11(8)13(19,12(18)17-10)7-4-5-16-6-9(7)15/h1-6,19H,(H,17,18). The summed E-state index contributed by atoms with van der Waals surface area (Å²) in [6.07, 6.45) is 2.09. The molecule has 0 aliphatic carbocycles. The summed E-state index contributed by atoms with van der Waals surface area (Å²) >= 11 is 0. The van der Waals surface area contributed by atoms with Gasteiger partial charge in [-0.1, -0.05) is 6.07 Å². The first kappa shape index (κ1) is 11.7. The quantitative estimate of drug-likeness (QED) is 0.819. The lowest BCUT2D eigenvalue weighted by Gasteiger charge is -2.21. The van der Waals surface area contributed by atoms with Crippen LogP contribution in [0.1, 0.15) is 11.1 Å². The Kier molecular flexibility index (Phi) is 2.36. The highest BCUT2D eigenvalue weighted by molar-refractivity contribution is 6.07. The SMILES string of the molecule is O=C1Nc2cccc(F)c2C1(O)c1ccncc1F. The van der Waals surface area contributed by atoms with Crippen LogP contribution in [0.25, 0.3) is 0 Å². The minimum atomic E-state index is -2.38. The molecular weight excluding hydrogens is 254 g/mol. The molecule has 0 radical (unpaired) electrons. The topological polar surface area (TPSA) is 62.2 Å². The molecule has 6 heteroatoms. The average Bonchev–Trinajstić information content (AvgIpc) is 2.64. The molecule has 0 spiro atoms. The van der Waals surface area contributed by atoms with Gasteiger partial charge in [-0.25, -0.2) is 8.78 Å². The smallest absolute Gasteiger partial charge is 0.266 e. The zero-order valence-corrected chi connectivity index (χ0v) is 9.52. The highest BCUT2D eigenvalue weighted by Crippen LogP contribution is 2.42. The van der Waals surface area contributed by atoms with Crippen molar-refractivity contribution in [1.29, 1.82) is 0 Å². The van der Waals surface area contributed by atoms with Gasteiger partial charge in [0.05, 0.1) is 17.4 Å². The highest BCUT2D eigenvalue weighted by Gasteiger charge is 2.50. The zero-order chi connectivity index (χ0) is 13.6. The molecule has 1 aliphatic heterocycles. The Balaban J connectivity index is 2.32. The van der Waals surface area contributed by atoms with E-state index in [4.69, 9.17) is 0 Å². The zero-order valence-electron chi connectivity index (χ0n) is 9.52. The molecule has 0 saturated carbocycles. The first-order valence-electron chi connectivity index (χ1n) is 5.48. The van der Waals surface area contributed by atoms with Crippen molar-refractivity contribution in [2.24, 2.45) is 0 Å². The maximum absolute atomic E-state index is 13.9. The second-order valence-corrected chi connectivity index (χ2v) is 4.18. The number of aliphatic hydroxyl groups is 1. The summed E-state index contributed by atoms with van der Waals surface area (Å²) in [5.74, 6) is -2.55. The number of anilines is 1. The molecule has 2 N–H and O–H groups in total. The largest absolute Gasteiger partial charge is 0.371 e. The van der Waals surface area contributed by atoms with Gasteiger partial charge in [-0.3, -0.25) is 9.78 Å². The third kappa shape index (κ3) is 1.47. The molecule has 1 aliphatic rings. The predicted octanol–water partition coefficient (Wildman–Crippen LogP) is 1.55. The molecule has 1 aromatic carbocycles. The second-order valence-electron chi connectivity index (χ2n) is 4.18. The number of hydrogen-bond acceptors (Lipinski definition) is 3. The third-order valence-electron chi connectivity index (χ3n) is 3.11. The van der Waals surface area contributed by atoms with E-state index in [2.05, 4.69) is 10.3 Å². The Morgan fingerprint density at radius 2 is 2.00 bits per heavy atom. The van der Waals surface area contributed by atoms with Gasteiger partial charge in [0.25, 0.3) is 5.91 Å².